The molecule has 0 heterocycles. The van der Waals surface area contributed by atoms with E-state index in [9.17, 15) is 14.7 Å². The molecule has 0 spiro atoms. The van der Waals surface area contributed by atoms with Crippen LogP contribution in [0.4, 0.5) is 0 Å². The Bertz CT molecular complexity index is 1710. The minimum atomic E-state index is -0.895. The molecule has 2 N–H and O–H groups in total. The molecule has 5 aromatic carbocycles. The van der Waals surface area contributed by atoms with Crippen molar-refractivity contribution in [2.45, 2.75) is 17.2 Å². The summed E-state index contributed by atoms with van der Waals surface area (Å²) in [5.74, 6) is -0.440. The van der Waals surface area contributed by atoms with Gasteiger partial charge in [-0.25, -0.2) is 4.79 Å². The van der Waals surface area contributed by atoms with Crippen LogP contribution >= 0.6 is 11.8 Å². The maximum absolute atomic E-state index is 13.2. The molecule has 0 unspecified atom stereocenters. The molecule has 5 nitrogen and oxygen atoms in total. The average Bonchev–Trinajstić information content (AvgIpc) is 3.09. The zero-order chi connectivity index (χ0) is 31.6. The molecule has 0 bridgehead atoms. The van der Waals surface area contributed by atoms with Crippen molar-refractivity contribution in [3.63, 3.8) is 0 Å². The van der Waals surface area contributed by atoms with Gasteiger partial charge in [0.2, 0.25) is 5.91 Å². The normalized spacial score (nSPS) is 12.1. The number of aromatic hydroxyl groups is 1. The van der Waals surface area contributed by atoms with Gasteiger partial charge in [0.05, 0.1) is 11.9 Å². The number of hydrogen-bond donors (Lipinski definition) is 2. The number of esters is 1. The highest BCUT2D eigenvalue weighted by atomic mass is 32.2. The van der Waals surface area contributed by atoms with Gasteiger partial charge in [-0.1, -0.05) is 115 Å². The van der Waals surface area contributed by atoms with Gasteiger partial charge in [0.15, 0.2) is 0 Å². The maximum Gasteiger partial charge on any atom is 0.329 e. The van der Waals surface area contributed by atoms with Crippen LogP contribution in [0.3, 0.4) is 0 Å². The number of phenols is 1. The molecular weight excluding hydrogens is 578 g/mol. The number of rotatable bonds is 12. The number of fused-ring (bicyclic) bond motifs is 1. The second kappa shape index (κ2) is 14.6. The van der Waals surface area contributed by atoms with Crippen molar-refractivity contribution in [3.05, 3.63) is 168 Å². The first-order valence-corrected chi connectivity index (χ1v) is 15.7. The first kappa shape index (κ1) is 31.4. The molecule has 0 saturated carbocycles. The molecule has 1 amide bonds. The predicted molar refractivity (Wildman–Crippen MR) is 184 cm³/mol. The summed E-state index contributed by atoms with van der Waals surface area (Å²) < 4.78 is 4.48. The second-order valence-electron chi connectivity index (χ2n) is 10.5. The van der Waals surface area contributed by atoms with E-state index in [-0.39, 0.29) is 11.5 Å². The van der Waals surface area contributed by atoms with E-state index in [1.54, 1.807) is 30.0 Å². The molecule has 0 aliphatic carbocycles. The van der Waals surface area contributed by atoms with E-state index >= 15 is 0 Å². The van der Waals surface area contributed by atoms with E-state index < -0.39 is 22.7 Å². The summed E-state index contributed by atoms with van der Waals surface area (Å²) in [6.07, 6.45) is 5.43. The van der Waals surface area contributed by atoms with Gasteiger partial charge >= 0.3 is 5.97 Å². The maximum atomic E-state index is 13.2. The van der Waals surface area contributed by atoms with Crippen LogP contribution in [-0.4, -0.2) is 35.9 Å². The molecule has 0 aliphatic heterocycles. The van der Waals surface area contributed by atoms with Gasteiger partial charge in [0.25, 0.3) is 0 Å². The Balaban J connectivity index is 1.41. The summed E-state index contributed by atoms with van der Waals surface area (Å²) in [5.41, 5.74) is 4.80. The second-order valence-corrected chi connectivity index (χ2v) is 11.8. The van der Waals surface area contributed by atoms with Gasteiger partial charge in [-0.2, -0.15) is 0 Å². The third kappa shape index (κ3) is 7.03. The molecule has 0 aromatic heterocycles. The molecule has 0 saturated heterocycles. The van der Waals surface area contributed by atoms with Gasteiger partial charge in [-0.15, -0.1) is 18.3 Å². The molecule has 5 rings (SSSR count). The average molecular weight is 614 g/mol. The van der Waals surface area contributed by atoms with Crippen LogP contribution in [0.2, 0.25) is 0 Å². The molecule has 6 heteroatoms. The van der Waals surface area contributed by atoms with Gasteiger partial charge in [-0.05, 0) is 57.7 Å². The Labute approximate surface area is 268 Å². The molecule has 0 fully saturated rings. The molecular formula is C39H35NO4S. The largest absolute Gasteiger partial charge is 0.508 e. The topological polar surface area (TPSA) is 75.6 Å². The minimum Gasteiger partial charge on any atom is -0.508 e. The predicted octanol–water partition coefficient (Wildman–Crippen LogP) is 7.67. The van der Waals surface area contributed by atoms with Gasteiger partial charge in [0.1, 0.15) is 11.8 Å². The number of thioether (sulfide) groups is 1. The van der Waals surface area contributed by atoms with Gasteiger partial charge in [0, 0.05) is 17.4 Å². The standard InChI is InChI=1S/C39H35NO4S/c1-3-13-34-33-23-20-28(26-29(33)22-24-36(34)41)21-25-37(42)40-35(38(43)44-2)27-45-39(30-14-7-4-8-15-30,31-16-9-5-10-17-31)32-18-11-6-12-19-32/h3-12,14-26,35,41H,1,13,27H2,2H3,(H,40,42)/b25-21+/t35-/m1/s1. The van der Waals surface area contributed by atoms with Crippen LogP contribution in [0.5, 0.6) is 5.75 Å². The first-order chi connectivity index (χ1) is 22.0. The molecule has 45 heavy (non-hydrogen) atoms. The number of carbonyl (C=O) groups is 2. The van der Waals surface area contributed by atoms with Gasteiger partial charge in [-0.3, -0.25) is 4.79 Å². The quantitative estimate of drug-likeness (QED) is 0.0654. The lowest BCUT2D eigenvalue weighted by molar-refractivity contribution is -0.143. The van der Waals surface area contributed by atoms with Crippen LogP contribution in [0.15, 0.2) is 140 Å². The van der Waals surface area contributed by atoms with Crippen LogP contribution in [0.1, 0.15) is 27.8 Å². The third-order valence-corrected chi connectivity index (χ3v) is 9.36. The number of benzene rings is 5. The number of hydrogen-bond acceptors (Lipinski definition) is 5. The Kier molecular flexibility index (Phi) is 10.2. The summed E-state index contributed by atoms with van der Waals surface area (Å²) in [6, 6.07) is 38.9. The van der Waals surface area contributed by atoms with E-state index in [1.165, 1.54) is 13.2 Å². The summed E-state index contributed by atoms with van der Waals surface area (Å²) in [5, 5.41) is 15.0. The van der Waals surface area contributed by atoms with Crippen molar-refractivity contribution in [1.29, 1.82) is 0 Å². The van der Waals surface area contributed by atoms with E-state index in [0.717, 1.165) is 38.6 Å². The molecule has 1 atom stereocenters. The lowest BCUT2D eigenvalue weighted by Gasteiger charge is -2.36. The Morgan fingerprint density at radius 3 is 1.98 bits per heavy atom. The molecule has 226 valence electrons. The number of carbonyl (C=O) groups excluding carboxylic acids is 2. The summed E-state index contributed by atoms with van der Waals surface area (Å²) >= 11 is 1.58. The fraction of sp³-hybridized carbons (Fsp3) is 0.128. The fourth-order valence-corrected chi connectivity index (χ4v) is 7.09. The lowest BCUT2D eigenvalue weighted by atomic mass is 9.84. The Hall–Kier alpha value is -5.07. The van der Waals surface area contributed by atoms with Crippen molar-refractivity contribution < 1.29 is 19.4 Å². The van der Waals surface area contributed by atoms with E-state index in [1.807, 2.05) is 78.9 Å². The number of allylic oxidation sites excluding steroid dienone is 1. The van der Waals surface area contributed by atoms with Crippen molar-refractivity contribution in [2.75, 3.05) is 12.9 Å². The van der Waals surface area contributed by atoms with Gasteiger partial charge < -0.3 is 15.2 Å². The monoisotopic (exact) mass is 613 g/mol. The molecule has 0 radical (unpaired) electrons. The number of phenolic OH excluding ortho intramolecular Hbond substituents is 1. The number of amides is 1. The lowest BCUT2D eigenvalue weighted by Crippen LogP contribution is -2.43. The van der Waals surface area contributed by atoms with Crippen LogP contribution in [0, 0.1) is 0 Å². The Morgan fingerprint density at radius 1 is 0.867 bits per heavy atom. The smallest absolute Gasteiger partial charge is 0.329 e. The van der Waals surface area contributed by atoms with Crippen molar-refractivity contribution in [2.24, 2.45) is 0 Å². The van der Waals surface area contributed by atoms with Crippen LogP contribution < -0.4 is 5.32 Å². The zero-order valence-electron chi connectivity index (χ0n) is 25.1. The Morgan fingerprint density at radius 2 is 1.44 bits per heavy atom. The number of ether oxygens (including phenoxy) is 1. The van der Waals surface area contributed by atoms with Crippen molar-refractivity contribution in [1.82, 2.24) is 5.32 Å². The summed E-state index contributed by atoms with van der Waals surface area (Å²) in [6.45, 7) is 3.78. The molecule has 0 aliphatic rings. The highest BCUT2D eigenvalue weighted by Gasteiger charge is 2.38. The third-order valence-electron chi connectivity index (χ3n) is 7.72. The number of nitrogens with one attached hydrogen (secondary N) is 1. The SMILES string of the molecule is C=CCc1c(O)ccc2cc(/C=C/C(=O)N[C@H](CSC(c3ccccc3)(c3ccccc3)c3ccccc3)C(=O)OC)ccc12. The molecule has 5 aromatic rings. The van der Waals surface area contributed by atoms with E-state index in [2.05, 4.69) is 48.3 Å². The highest BCUT2D eigenvalue weighted by Crippen LogP contribution is 2.48. The minimum absolute atomic E-state index is 0.229. The summed E-state index contributed by atoms with van der Waals surface area (Å²) in [7, 11) is 1.33. The zero-order valence-corrected chi connectivity index (χ0v) is 25.9. The van der Waals surface area contributed by atoms with Crippen LogP contribution in [-0.2, 0) is 25.5 Å². The summed E-state index contributed by atoms with van der Waals surface area (Å²) in [4.78, 5) is 26.2. The fourth-order valence-electron chi connectivity index (χ4n) is 5.54. The van der Waals surface area contributed by atoms with Crippen molar-refractivity contribution >= 4 is 40.5 Å². The highest BCUT2D eigenvalue weighted by molar-refractivity contribution is 8.00. The van der Waals surface area contributed by atoms with E-state index in [0.29, 0.717) is 6.42 Å². The number of methoxy groups -OCH3 is 1. The van der Waals surface area contributed by atoms with Crippen LogP contribution in [0.25, 0.3) is 16.8 Å². The van der Waals surface area contributed by atoms with Crippen molar-refractivity contribution in [3.8, 4) is 5.75 Å². The van der Waals surface area contributed by atoms with E-state index in [4.69, 9.17) is 4.74 Å². The first-order valence-electron chi connectivity index (χ1n) is 14.7.